The monoisotopic (exact) mass is 406 g/mol. The van der Waals surface area contributed by atoms with Crippen LogP contribution in [0.3, 0.4) is 0 Å². The van der Waals surface area contributed by atoms with Crippen LogP contribution in [-0.2, 0) is 11.3 Å². The molecule has 0 saturated carbocycles. The first kappa shape index (κ1) is 18.0. The summed E-state index contributed by atoms with van der Waals surface area (Å²) < 4.78 is 13.2. The first-order chi connectivity index (χ1) is 9.48. The van der Waals surface area contributed by atoms with Gasteiger partial charge in [-0.25, -0.2) is 0 Å². The number of halogens is 1. The maximum absolute atomic E-state index is 6.29. The van der Waals surface area contributed by atoms with Crippen molar-refractivity contribution in [1.29, 1.82) is 0 Å². The summed E-state index contributed by atoms with van der Waals surface area (Å²) in [7, 11) is -1.59. The fraction of sp³-hybridized carbons (Fsp3) is 0.625. The predicted octanol–water partition coefficient (Wildman–Crippen LogP) is 5.60. The molecule has 2 nitrogen and oxygen atoms in total. The van der Waals surface area contributed by atoms with Crippen molar-refractivity contribution in [2.75, 3.05) is 6.61 Å². The zero-order valence-electron chi connectivity index (χ0n) is 13.2. The van der Waals surface area contributed by atoms with Crippen LogP contribution in [0, 0.1) is 3.57 Å². The number of hydrogen-bond donors (Lipinski definition) is 0. The van der Waals surface area contributed by atoms with E-state index < -0.39 is 8.32 Å². The van der Waals surface area contributed by atoms with Gasteiger partial charge in [0.25, 0.3) is 0 Å². The Balaban J connectivity index is 2.68. The first-order valence-electron chi connectivity index (χ1n) is 7.53. The lowest BCUT2D eigenvalue weighted by atomic mass is 10.2. The van der Waals surface area contributed by atoms with Gasteiger partial charge in [-0.2, -0.15) is 0 Å². The van der Waals surface area contributed by atoms with Crippen molar-refractivity contribution in [2.24, 2.45) is 0 Å². The molecule has 0 unspecified atom stereocenters. The second-order valence-corrected chi connectivity index (χ2v) is 11.2. The Morgan fingerprint density at radius 1 is 1.15 bits per heavy atom. The number of unbranched alkanes of at least 4 members (excludes halogenated alkanes) is 1. The van der Waals surface area contributed by atoms with Crippen LogP contribution in [-0.4, -0.2) is 14.9 Å². The summed E-state index contributed by atoms with van der Waals surface area (Å²) >= 11 is 2.36. The average Bonchev–Trinajstić information content (AvgIpc) is 2.40. The third-order valence-corrected chi connectivity index (χ3v) is 6.55. The van der Waals surface area contributed by atoms with E-state index in [1.54, 1.807) is 0 Å². The third kappa shape index (κ3) is 6.59. The highest BCUT2D eigenvalue weighted by Crippen LogP contribution is 2.25. The molecule has 0 spiro atoms. The van der Waals surface area contributed by atoms with Gasteiger partial charge in [-0.1, -0.05) is 26.7 Å². The summed E-state index contributed by atoms with van der Waals surface area (Å²) in [6.45, 7) is 10.5. The van der Waals surface area contributed by atoms with Gasteiger partial charge in [0.05, 0.1) is 6.61 Å². The molecule has 0 aliphatic carbocycles. The summed E-state index contributed by atoms with van der Waals surface area (Å²) in [5.41, 5.74) is 1.23. The number of rotatable bonds is 9. The molecule has 0 aromatic heterocycles. The Morgan fingerprint density at radius 3 is 2.55 bits per heavy atom. The summed E-state index contributed by atoms with van der Waals surface area (Å²) in [4.78, 5) is 0. The van der Waals surface area contributed by atoms with E-state index >= 15 is 0 Å². The van der Waals surface area contributed by atoms with Crippen LogP contribution in [0.1, 0.15) is 38.7 Å². The van der Waals surface area contributed by atoms with Crippen molar-refractivity contribution in [1.82, 2.24) is 0 Å². The van der Waals surface area contributed by atoms with Gasteiger partial charge in [0.2, 0.25) is 8.32 Å². The molecule has 1 aromatic carbocycles. The third-order valence-electron chi connectivity index (χ3n) is 3.15. The Morgan fingerprint density at radius 2 is 1.90 bits per heavy atom. The molecule has 114 valence electrons. The summed E-state index contributed by atoms with van der Waals surface area (Å²) in [6, 6.07) is 7.59. The van der Waals surface area contributed by atoms with Gasteiger partial charge >= 0.3 is 0 Å². The standard InChI is InChI=1S/C16H27IO2Si/c1-5-7-11-20(3,4)19-15-8-9-16(17)14(12-15)13-18-10-6-2/h8-9,12H,5-7,10-11,13H2,1-4H3. The lowest BCUT2D eigenvalue weighted by Crippen LogP contribution is -2.33. The first-order valence-corrected chi connectivity index (χ1v) is 11.7. The minimum atomic E-state index is -1.59. The largest absolute Gasteiger partial charge is 0.544 e. The highest BCUT2D eigenvalue weighted by atomic mass is 127. The van der Waals surface area contributed by atoms with Gasteiger partial charge in [0, 0.05) is 10.2 Å². The summed E-state index contributed by atoms with van der Waals surface area (Å²) in [6.07, 6.45) is 3.56. The molecular weight excluding hydrogens is 379 g/mol. The Kier molecular flexibility index (Phi) is 8.13. The van der Waals surface area contributed by atoms with Gasteiger partial charge in [0.1, 0.15) is 5.75 Å². The van der Waals surface area contributed by atoms with E-state index in [2.05, 4.69) is 67.7 Å². The summed E-state index contributed by atoms with van der Waals surface area (Å²) in [5.74, 6) is 1.01. The summed E-state index contributed by atoms with van der Waals surface area (Å²) in [5, 5.41) is 0. The molecule has 0 atom stereocenters. The maximum atomic E-state index is 6.29. The van der Waals surface area contributed by atoms with Crippen LogP contribution in [0.2, 0.25) is 19.1 Å². The van der Waals surface area contributed by atoms with Gasteiger partial charge < -0.3 is 9.16 Å². The van der Waals surface area contributed by atoms with Crippen LogP contribution in [0.5, 0.6) is 5.75 Å². The number of benzene rings is 1. The van der Waals surface area contributed by atoms with Crippen molar-refractivity contribution in [2.45, 2.75) is 58.9 Å². The fourth-order valence-corrected chi connectivity index (χ4v) is 4.59. The highest BCUT2D eigenvalue weighted by Gasteiger charge is 2.23. The topological polar surface area (TPSA) is 18.5 Å². The zero-order valence-corrected chi connectivity index (χ0v) is 16.3. The van der Waals surface area contributed by atoms with Gasteiger partial charge in [-0.05, 0) is 71.9 Å². The minimum Gasteiger partial charge on any atom is -0.544 e. The second-order valence-electron chi connectivity index (χ2n) is 5.77. The van der Waals surface area contributed by atoms with Crippen molar-refractivity contribution in [3.8, 4) is 5.75 Å². The maximum Gasteiger partial charge on any atom is 0.245 e. The quantitative estimate of drug-likeness (QED) is 0.302. The van der Waals surface area contributed by atoms with E-state index in [-0.39, 0.29) is 0 Å². The van der Waals surface area contributed by atoms with Crippen molar-refractivity contribution < 1.29 is 9.16 Å². The Labute approximate surface area is 138 Å². The smallest absolute Gasteiger partial charge is 0.245 e. The Hall–Kier alpha value is -0.0731. The molecule has 0 aliphatic heterocycles. The molecule has 0 saturated heterocycles. The molecule has 0 bridgehead atoms. The van der Waals surface area contributed by atoms with Crippen LogP contribution < -0.4 is 4.43 Å². The molecule has 1 rings (SSSR count). The number of ether oxygens (including phenoxy) is 1. The molecule has 20 heavy (non-hydrogen) atoms. The van der Waals surface area contributed by atoms with Gasteiger partial charge in [-0.15, -0.1) is 0 Å². The molecular formula is C16H27IO2Si. The molecule has 0 heterocycles. The normalized spacial score (nSPS) is 11.7. The average molecular weight is 406 g/mol. The predicted molar refractivity (Wildman–Crippen MR) is 96.9 cm³/mol. The van der Waals surface area contributed by atoms with Gasteiger partial charge in [0.15, 0.2) is 0 Å². The SMILES string of the molecule is CCCC[Si](C)(C)Oc1ccc(I)c(COCCC)c1. The van der Waals surface area contributed by atoms with Crippen molar-refractivity contribution >= 4 is 30.9 Å². The molecule has 0 radical (unpaired) electrons. The molecule has 4 heteroatoms. The van der Waals surface area contributed by atoms with Crippen LogP contribution in [0.25, 0.3) is 0 Å². The minimum absolute atomic E-state index is 0.681. The number of hydrogen-bond acceptors (Lipinski definition) is 2. The molecule has 0 fully saturated rings. The van der Waals surface area contributed by atoms with Crippen molar-refractivity contribution in [3.05, 3.63) is 27.3 Å². The Bertz CT molecular complexity index is 407. The van der Waals surface area contributed by atoms with Crippen LogP contribution >= 0.6 is 22.6 Å². The van der Waals surface area contributed by atoms with E-state index in [4.69, 9.17) is 9.16 Å². The van der Waals surface area contributed by atoms with E-state index in [1.165, 1.54) is 28.0 Å². The van der Waals surface area contributed by atoms with E-state index in [9.17, 15) is 0 Å². The fourth-order valence-electron chi connectivity index (χ4n) is 2.02. The molecule has 1 aromatic rings. The van der Waals surface area contributed by atoms with Crippen LogP contribution in [0.4, 0.5) is 0 Å². The van der Waals surface area contributed by atoms with E-state index in [0.29, 0.717) is 6.61 Å². The van der Waals surface area contributed by atoms with Crippen molar-refractivity contribution in [3.63, 3.8) is 0 Å². The zero-order chi connectivity index (χ0) is 15.0. The molecule has 0 aliphatic rings. The van der Waals surface area contributed by atoms with Crippen LogP contribution in [0.15, 0.2) is 18.2 Å². The van der Waals surface area contributed by atoms with Gasteiger partial charge in [-0.3, -0.25) is 0 Å². The second kappa shape index (κ2) is 9.05. The van der Waals surface area contributed by atoms with E-state index in [1.807, 2.05) is 0 Å². The molecule has 0 N–H and O–H groups in total. The highest BCUT2D eigenvalue weighted by molar-refractivity contribution is 14.1. The lowest BCUT2D eigenvalue weighted by molar-refractivity contribution is 0.121. The lowest BCUT2D eigenvalue weighted by Gasteiger charge is -2.24. The van der Waals surface area contributed by atoms with E-state index in [0.717, 1.165) is 18.8 Å². The molecule has 0 amide bonds.